The lowest BCUT2D eigenvalue weighted by atomic mass is 10.1. The normalized spacial score (nSPS) is 21.6. The summed E-state index contributed by atoms with van der Waals surface area (Å²) in [5.41, 5.74) is 1.85. The molecule has 2 aromatic rings. The number of aromatic nitrogens is 1. The first-order valence-electron chi connectivity index (χ1n) is 13.8. The molecule has 210 valence electrons. The van der Waals surface area contributed by atoms with Gasteiger partial charge in [-0.25, -0.2) is 0 Å². The summed E-state index contributed by atoms with van der Waals surface area (Å²) >= 11 is 0. The van der Waals surface area contributed by atoms with Gasteiger partial charge in [0.05, 0.1) is 19.6 Å². The average molecular weight is 538 g/mol. The zero-order valence-corrected chi connectivity index (χ0v) is 22.6. The molecule has 1 fully saturated rings. The number of carbonyl (C=O) groups is 3. The first kappa shape index (κ1) is 28.4. The molecule has 10 nitrogen and oxygen atoms in total. The Kier molecular flexibility index (Phi) is 10.5. The number of rotatable bonds is 3. The minimum atomic E-state index is -0.311. The van der Waals surface area contributed by atoms with Crippen molar-refractivity contribution in [1.82, 2.24) is 25.8 Å². The monoisotopic (exact) mass is 537 g/mol. The largest absolute Gasteiger partial charge is 0.493 e. The number of benzene rings is 1. The zero-order valence-electron chi connectivity index (χ0n) is 22.6. The summed E-state index contributed by atoms with van der Waals surface area (Å²) in [6, 6.07) is 9.11. The molecule has 10 heteroatoms. The molecule has 0 spiro atoms. The number of pyridine rings is 1. The van der Waals surface area contributed by atoms with Crippen molar-refractivity contribution in [2.75, 3.05) is 39.8 Å². The number of carbonyl (C=O) groups excluding carboxylic acids is 3. The summed E-state index contributed by atoms with van der Waals surface area (Å²) in [6.07, 6.45) is 7.22. The van der Waals surface area contributed by atoms with Crippen LogP contribution in [-0.4, -0.2) is 79.6 Å². The van der Waals surface area contributed by atoms with E-state index in [1.54, 1.807) is 19.5 Å². The summed E-state index contributed by atoms with van der Waals surface area (Å²) in [6.45, 7) is 2.75. The molecule has 4 bridgehead atoms. The fourth-order valence-electron chi connectivity index (χ4n) is 4.89. The average Bonchev–Trinajstić information content (AvgIpc) is 3.42. The van der Waals surface area contributed by atoms with Gasteiger partial charge in [0.15, 0.2) is 11.5 Å². The van der Waals surface area contributed by atoms with E-state index in [1.165, 1.54) is 0 Å². The van der Waals surface area contributed by atoms with Gasteiger partial charge in [0.1, 0.15) is 6.10 Å². The molecule has 1 aromatic carbocycles. The Morgan fingerprint density at radius 3 is 2.77 bits per heavy atom. The Morgan fingerprint density at radius 2 is 1.95 bits per heavy atom. The molecule has 0 unspecified atom stereocenters. The number of nitrogens with one attached hydrogen (secondary N) is 3. The highest BCUT2D eigenvalue weighted by Crippen LogP contribution is 2.30. The van der Waals surface area contributed by atoms with Crippen molar-refractivity contribution in [3.05, 3.63) is 53.9 Å². The third kappa shape index (κ3) is 8.68. The summed E-state index contributed by atoms with van der Waals surface area (Å²) in [4.78, 5) is 44.2. The van der Waals surface area contributed by atoms with Crippen molar-refractivity contribution in [2.45, 2.75) is 57.1 Å². The van der Waals surface area contributed by atoms with Gasteiger partial charge in [0.25, 0.3) is 0 Å². The fraction of sp³-hybridized carbons (Fsp3) is 0.517. The predicted octanol–water partition coefficient (Wildman–Crippen LogP) is 1.62. The van der Waals surface area contributed by atoms with Crippen LogP contribution in [0.2, 0.25) is 0 Å². The van der Waals surface area contributed by atoms with E-state index >= 15 is 0 Å². The van der Waals surface area contributed by atoms with Crippen LogP contribution in [0.3, 0.4) is 0 Å². The highest BCUT2D eigenvalue weighted by molar-refractivity contribution is 5.82. The zero-order chi connectivity index (χ0) is 27.5. The molecule has 0 aliphatic carbocycles. The number of aryl methyl sites for hydroxylation is 1. The van der Waals surface area contributed by atoms with E-state index in [9.17, 15) is 14.4 Å². The van der Waals surface area contributed by atoms with Crippen LogP contribution < -0.4 is 25.4 Å². The lowest BCUT2D eigenvalue weighted by Gasteiger charge is -2.23. The van der Waals surface area contributed by atoms with Gasteiger partial charge in [0, 0.05) is 58.0 Å². The van der Waals surface area contributed by atoms with Crippen molar-refractivity contribution >= 4 is 17.7 Å². The molecule has 1 saturated heterocycles. The molecular formula is C29H39N5O5. The van der Waals surface area contributed by atoms with Crippen LogP contribution in [0, 0.1) is 0 Å². The number of methoxy groups -OCH3 is 1. The minimum absolute atomic E-state index is 0.0246. The van der Waals surface area contributed by atoms with E-state index in [4.69, 9.17) is 9.47 Å². The predicted molar refractivity (Wildman–Crippen MR) is 147 cm³/mol. The van der Waals surface area contributed by atoms with Crippen molar-refractivity contribution in [3.8, 4) is 11.5 Å². The van der Waals surface area contributed by atoms with Crippen molar-refractivity contribution in [1.29, 1.82) is 0 Å². The Balaban J connectivity index is 1.39. The van der Waals surface area contributed by atoms with Gasteiger partial charge in [-0.1, -0.05) is 12.1 Å². The second kappa shape index (κ2) is 14.5. The Hall–Kier alpha value is -3.66. The van der Waals surface area contributed by atoms with Crippen LogP contribution in [0.25, 0.3) is 0 Å². The highest BCUT2D eigenvalue weighted by atomic mass is 16.5. The second-order valence-electron chi connectivity index (χ2n) is 10.0. The topological polar surface area (TPSA) is 122 Å². The van der Waals surface area contributed by atoms with Gasteiger partial charge >= 0.3 is 0 Å². The number of nitrogens with zero attached hydrogens (tertiary/aromatic N) is 2. The van der Waals surface area contributed by atoms with Crippen molar-refractivity contribution < 1.29 is 23.9 Å². The summed E-state index contributed by atoms with van der Waals surface area (Å²) < 4.78 is 11.7. The molecule has 3 aliphatic rings. The number of amides is 3. The summed E-state index contributed by atoms with van der Waals surface area (Å²) in [5.74, 6) is 1.21. The molecule has 3 N–H and O–H groups in total. The molecule has 5 rings (SSSR count). The SMILES string of the molecule is COc1cc2ccc1O[C@@H]1CN[C@@H](C1)C(=O)NCCCCN(C(=O)Cc1cccnc1)CCCNC(=O)CC2. The molecule has 39 heavy (non-hydrogen) atoms. The first-order chi connectivity index (χ1) is 19.0. The highest BCUT2D eigenvalue weighted by Gasteiger charge is 2.31. The van der Waals surface area contributed by atoms with E-state index in [0.29, 0.717) is 69.9 Å². The number of hydrogen-bond acceptors (Lipinski definition) is 7. The van der Waals surface area contributed by atoms with Gasteiger partial charge in [-0.3, -0.25) is 19.4 Å². The van der Waals surface area contributed by atoms with Crippen LogP contribution in [0.4, 0.5) is 0 Å². The van der Waals surface area contributed by atoms with Crippen molar-refractivity contribution in [3.63, 3.8) is 0 Å². The molecule has 2 atom stereocenters. The van der Waals surface area contributed by atoms with E-state index in [2.05, 4.69) is 20.9 Å². The van der Waals surface area contributed by atoms with Crippen LogP contribution >= 0.6 is 0 Å². The maximum Gasteiger partial charge on any atom is 0.237 e. The number of fused-ring (bicyclic) bond motifs is 15. The van der Waals surface area contributed by atoms with Crippen molar-refractivity contribution in [2.24, 2.45) is 0 Å². The Morgan fingerprint density at radius 1 is 1.10 bits per heavy atom. The smallest absolute Gasteiger partial charge is 0.237 e. The lowest BCUT2D eigenvalue weighted by Crippen LogP contribution is -2.41. The number of hydrogen-bond donors (Lipinski definition) is 3. The maximum absolute atomic E-state index is 13.0. The standard InChI is InChI=1S/C29H39N5O5/c1-38-26-16-21-7-9-25(26)39-23-18-24(33-20-23)29(37)32-12-2-3-14-34(15-5-13-31-27(35)10-8-21)28(36)17-22-6-4-11-30-19-22/h4,6-7,9,11,16,19,23-24,33H,2-3,5,8,10,12-15,17-18,20H2,1H3,(H,31,35)(H,32,37)/t23-,24-/m0/s1. The van der Waals surface area contributed by atoms with Crippen LogP contribution in [-0.2, 0) is 27.2 Å². The molecule has 0 saturated carbocycles. The van der Waals surface area contributed by atoms with E-state index < -0.39 is 0 Å². The van der Waals surface area contributed by atoms with Crippen LogP contribution in [0.5, 0.6) is 11.5 Å². The number of ether oxygens (including phenoxy) is 2. The quantitative estimate of drug-likeness (QED) is 0.544. The van der Waals surface area contributed by atoms with Gasteiger partial charge in [-0.2, -0.15) is 0 Å². The third-order valence-electron chi connectivity index (χ3n) is 7.08. The Bertz CT molecular complexity index is 1110. The molecular weight excluding hydrogens is 498 g/mol. The maximum atomic E-state index is 13.0. The van der Waals surface area contributed by atoms with Gasteiger partial charge in [-0.05, 0) is 55.0 Å². The van der Waals surface area contributed by atoms with Gasteiger partial charge in [0.2, 0.25) is 17.7 Å². The van der Waals surface area contributed by atoms with Gasteiger partial charge < -0.3 is 30.3 Å². The molecule has 4 heterocycles. The lowest BCUT2D eigenvalue weighted by molar-refractivity contribution is -0.130. The van der Waals surface area contributed by atoms with E-state index in [-0.39, 0.29) is 36.3 Å². The minimum Gasteiger partial charge on any atom is -0.493 e. The summed E-state index contributed by atoms with van der Waals surface area (Å²) in [5, 5.41) is 9.24. The van der Waals surface area contributed by atoms with Crippen LogP contribution in [0.1, 0.15) is 43.2 Å². The molecule has 1 aromatic heterocycles. The van der Waals surface area contributed by atoms with E-state index in [1.807, 2.05) is 35.2 Å². The molecule has 0 radical (unpaired) electrons. The first-order valence-corrected chi connectivity index (χ1v) is 13.8. The third-order valence-corrected chi connectivity index (χ3v) is 7.08. The second-order valence-corrected chi connectivity index (χ2v) is 10.0. The Labute approximate surface area is 229 Å². The fourth-order valence-corrected chi connectivity index (χ4v) is 4.89. The molecule has 3 aliphatic heterocycles. The summed E-state index contributed by atoms with van der Waals surface area (Å²) in [7, 11) is 1.59. The van der Waals surface area contributed by atoms with Gasteiger partial charge in [-0.15, -0.1) is 0 Å². The van der Waals surface area contributed by atoms with E-state index in [0.717, 1.165) is 24.0 Å². The van der Waals surface area contributed by atoms with Crippen LogP contribution in [0.15, 0.2) is 42.7 Å². The molecule has 3 amide bonds.